The maximum absolute atomic E-state index is 13.8. The van der Waals surface area contributed by atoms with Crippen molar-refractivity contribution in [3.8, 4) is 0 Å². The summed E-state index contributed by atoms with van der Waals surface area (Å²) in [5.74, 6) is -1.88. The van der Waals surface area contributed by atoms with Gasteiger partial charge in [0.05, 0.1) is 17.5 Å². The van der Waals surface area contributed by atoms with Gasteiger partial charge in [0.2, 0.25) is 11.8 Å². The quantitative estimate of drug-likeness (QED) is 0.333. The Morgan fingerprint density at radius 3 is 1.66 bits per heavy atom. The first-order valence-electron chi connectivity index (χ1n) is 10.8. The third-order valence-corrected chi connectivity index (χ3v) is 6.58. The Hall–Kier alpha value is -3.79. The molecule has 3 aromatic rings. The summed E-state index contributed by atoms with van der Waals surface area (Å²) in [4.78, 5) is 40.8. The van der Waals surface area contributed by atoms with Gasteiger partial charge in [0.15, 0.2) is 5.78 Å². The lowest BCUT2D eigenvalue weighted by Gasteiger charge is -2.32. The Labute approximate surface area is 187 Å². The highest BCUT2D eigenvalue weighted by Crippen LogP contribution is 2.50. The first-order valence-corrected chi connectivity index (χ1v) is 10.8. The minimum atomic E-state index is -0.499. The van der Waals surface area contributed by atoms with Crippen LogP contribution >= 0.6 is 0 Å². The van der Waals surface area contributed by atoms with Crippen LogP contribution in [-0.2, 0) is 9.59 Å². The van der Waals surface area contributed by atoms with E-state index in [1.165, 1.54) is 11.8 Å². The molecule has 3 aromatic carbocycles. The van der Waals surface area contributed by atoms with Crippen molar-refractivity contribution in [1.82, 2.24) is 0 Å². The second-order valence-corrected chi connectivity index (χ2v) is 8.43. The Bertz CT molecular complexity index is 1150. The molecule has 4 heteroatoms. The van der Waals surface area contributed by atoms with Gasteiger partial charge in [-0.2, -0.15) is 0 Å². The predicted octanol–water partition coefficient (Wildman–Crippen LogP) is 5.13. The van der Waals surface area contributed by atoms with Crippen LogP contribution in [0.2, 0.25) is 0 Å². The van der Waals surface area contributed by atoms with Crippen LogP contribution in [0.15, 0.2) is 97.1 Å². The van der Waals surface area contributed by atoms with Crippen LogP contribution in [0, 0.1) is 11.8 Å². The zero-order chi connectivity index (χ0) is 22.2. The van der Waals surface area contributed by atoms with Gasteiger partial charge >= 0.3 is 0 Å². The van der Waals surface area contributed by atoms with E-state index in [9.17, 15) is 14.4 Å². The topological polar surface area (TPSA) is 54.5 Å². The number of allylic oxidation sites excluding steroid dienone is 2. The molecule has 2 amide bonds. The number of benzene rings is 3. The number of carbonyl (C=O) groups is 3. The fraction of sp³-hybridized carbons (Fsp3) is 0.179. The van der Waals surface area contributed by atoms with Gasteiger partial charge in [-0.1, -0.05) is 84.9 Å². The number of ketones is 1. The van der Waals surface area contributed by atoms with Crippen LogP contribution in [-0.4, -0.2) is 17.6 Å². The van der Waals surface area contributed by atoms with Gasteiger partial charge in [0, 0.05) is 17.4 Å². The fourth-order valence-electron chi connectivity index (χ4n) is 5.05. The van der Waals surface area contributed by atoms with Crippen molar-refractivity contribution in [1.29, 1.82) is 0 Å². The molecule has 1 saturated heterocycles. The van der Waals surface area contributed by atoms with E-state index in [4.69, 9.17) is 0 Å². The van der Waals surface area contributed by atoms with Crippen LogP contribution in [0.1, 0.15) is 40.2 Å². The molecule has 0 bridgehead atoms. The van der Waals surface area contributed by atoms with Gasteiger partial charge in [-0.15, -0.1) is 0 Å². The molecular formula is C28H23NO3. The number of rotatable bonds is 4. The van der Waals surface area contributed by atoms with Gasteiger partial charge in [-0.05, 0) is 30.2 Å². The van der Waals surface area contributed by atoms with E-state index in [0.29, 0.717) is 11.3 Å². The van der Waals surface area contributed by atoms with Gasteiger partial charge < -0.3 is 0 Å². The average Bonchev–Trinajstić information content (AvgIpc) is 3.10. The normalized spacial score (nSPS) is 24.5. The van der Waals surface area contributed by atoms with Gasteiger partial charge in [0.25, 0.3) is 0 Å². The SMILES string of the molecule is CC(=O)c1cccc(N2C(=O)C3C(c4ccccc4)C=CC(c4ccccc4)C3C2=O)c1. The van der Waals surface area contributed by atoms with Crippen molar-refractivity contribution in [3.05, 3.63) is 114 Å². The zero-order valence-corrected chi connectivity index (χ0v) is 17.7. The lowest BCUT2D eigenvalue weighted by Crippen LogP contribution is -2.31. The highest BCUT2D eigenvalue weighted by molar-refractivity contribution is 6.23. The van der Waals surface area contributed by atoms with Gasteiger partial charge in [-0.25, -0.2) is 4.90 Å². The number of hydrogen-bond donors (Lipinski definition) is 0. The predicted molar refractivity (Wildman–Crippen MR) is 123 cm³/mol. The molecule has 1 heterocycles. The highest BCUT2D eigenvalue weighted by Gasteiger charge is 2.55. The van der Waals surface area contributed by atoms with Crippen molar-refractivity contribution in [2.45, 2.75) is 18.8 Å². The maximum atomic E-state index is 13.8. The van der Waals surface area contributed by atoms with Crippen LogP contribution in [0.4, 0.5) is 5.69 Å². The molecule has 158 valence electrons. The Kier molecular flexibility index (Phi) is 5.06. The minimum Gasteiger partial charge on any atom is -0.295 e. The van der Waals surface area contributed by atoms with E-state index in [2.05, 4.69) is 12.2 Å². The second-order valence-electron chi connectivity index (χ2n) is 8.43. The summed E-state index contributed by atoms with van der Waals surface area (Å²) < 4.78 is 0. The number of anilines is 1. The van der Waals surface area contributed by atoms with Crippen molar-refractivity contribution < 1.29 is 14.4 Å². The molecule has 4 nitrogen and oxygen atoms in total. The summed E-state index contributed by atoms with van der Waals surface area (Å²) in [7, 11) is 0. The largest absolute Gasteiger partial charge is 0.295 e. The summed E-state index contributed by atoms with van der Waals surface area (Å²) >= 11 is 0. The van der Waals surface area contributed by atoms with Crippen LogP contribution in [0.25, 0.3) is 0 Å². The maximum Gasteiger partial charge on any atom is 0.238 e. The summed E-state index contributed by atoms with van der Waals surface area (Å²) in [5, 5.41) is 0. The van der Waals surface area contributed by atoms with Crippen LogP contribution in [0.5, 0.6) is 0 Å². The van der Waals surface area contributed by atoms with E-state index in [0.717, 1.165) is 11.1 Å². The molecule has 0 N–H and O–H groups in total. The molecule has 0 spiro atoms. The van der Waals surface area contributed by atoms with E-state index in [1.807, 2.05) is 60.7 Å². The number of hydrogen-bond acceptors (Lipinski definition) is 3. The third-order valence-electron chi connectivity index (χ3n) is 6.58. The van der Waals surface area contributed by atoms with Crippen molar-refractivity contribution in [3.63, 3.8) is 0 Å². The summed E-state index contributed by atoms with van der Waals surface area (Å²) in [5.41, 5.74) is 2.98. The summed E-state index contributed by atoms with van der Waals surface area (Å²) in [6.45, 7) is 1.48. The molecular weight excluding hydrogens is 398 g/mol. The highest BCUT2D eigenvalue weighted by atomic mass is 16.2. The average molecular weight is 421 g/mol. The number of imide groups is 1. The van der Waals surface area contributed by atoms with Gasteiger partial charge in [0.1, 0.15) is 0 Å². The van der Waals surface area contributed by atoms with Crippen molar-refractivity contribution in [2.24, 2.45) is 11.8 Å². The summed E-state index contributed by atoms with van der Waals surface area (Å²) in [6, 6.07) is 26.5. The zero-order valence-electron chi connectivity index (χ0n) is 17.7. The molecule has 0 saturated carbocycles. The standard InChI is InChI=1S/C28H23NO3/c1-18(30)21-13-8-14-22(17-21)29-27(31)25-23(19-9-4-2-5-10-19)15-16-24(26(25)28(29)32)20-11-6-3-7-12-20/h2-17,23-26H,1H3. The first-order chi connectivity index (χ1) is 15.6. The number of fused-ring (bicyclic) bond motifs is 1. The number of nitrogens with zero attached hydrogens (tertiary/aromatic N) is 1. The van der Waals surface area contributed by atoms with Crippen LogP contribution in [0.3, 0.4) is 0 Å². The Balaban J connectivity index is 1.63. The van der Waals surface area contributed by atoms with E-state index >= 15 is 0 Å². The number of Topliss-reactive ketones (excluding diaryl/α,β-unsaturated/α-hetero) is 1. The van der Waals surface area contributed by atoms with Crippen molar-refractivity contribution >= 4 is 23.3 Å². The minimum absolute atomic E-state index is 0.102. The fourth-order valence-corrected chi connectivity index (χ4v) is 5.05. The first kappa shape index (κ1) is 20.1. The third kappa shape index (κ3) is 3.28. The number of carbonyl (C=O) groups excluding carboxylic acids is 3. The molecule has 1 aliphatic carbocycles. The summed E-state index contributed by atoms with van der Waals surface area (Å²) in [6.07, 6.45) is 4.16. The smallest absolute Gasteiger partial charge is 0.238 e. The molecule has 2 aliphatic rings. The lowest BCUT2D eigenvalue weighted by atomic mass is 9.68. The molecule has 1 aliphatic heterocycles. The van der Waals surface area contributed by atoms with E-state index in [-0.39, 0.29) is 29.4 Å². The Morgan fingerprint density at radius 2 is 1.19 bits per heavy atom. The lowest BCUT2D eigenvalue weighted by molar-refractivity contribution is -0.122. The van der Waals surface area contributed by atoms with Gasteiger partial charge in [-0.3, -0.25) is 14.4 Å². The van der Waals surface area contributed by atoms with Crippen molar-refractivity contribution in [2.75, 3.05) is 4.90 Å². The molecule has 0 radical (unpaired) electrons. The van der Waals surface area contributed by atoms with E-state index < -0.39 is 11.8 Å². The molecule has 5 rings (SSSR count). The monoisotopic (exact) mass is 421 g/mol. The Morgan fingerprint density at radius 1 is 0.688 bits per heavy atom. The molecule has 32 heavy (non-hydrogen) atoms. The van der Waals surface area contributed by atoms with Crippen LogP contribution < -0.4 is 4.90 Å². The number of amides is 2. The molecule has 0 aromatic heterocycles. The molecule has 1 fully saturated rings. The molecule has 4 atom stereocenters. The second kappa shape index (κ2) is 8.04. The molecule has 4 unspecified atom stereocenters. The van der Waals surface area contributed by atoms with E-state index in [1.54, 1.807) is 24.3 Å².